The molecule has 0 aromatic heterocycles. The van der Waals surface area contributed by atoms with Crippen LogP contribution in [0.1, 0.15) is 43.4 Å². The molecular formula is C30H39NO4. The van der Waals surface area contributed by atoms with Gasteiger partial charge in [-0.15, -0.1) is 0 Å². The molecular weight excluding hydrogens is 438 g/mol. The molecule has 2 aromatic carbocycles. The maximum atomic E-state index is 6.26. The predicted molar refractivity (Wildman–Crippen MR) is 142 cm³/mol. The van der Waals surface area contributed by atoms with Gasteiger partial charge in [0.1, 0.15) is 17.6 Å². The molecule has 0 heterocycles. The quantitative estimate of drug-likeness (QED) is 0.381. The molecule has 1 aliphatic carbocycles. The second-order valence-corrected chi connectivity index (χ2v) is 8.69. The summed E-state index contributed by atoms with van der Waals surface area (Å²) in [7, 11) is 3.40. The first-order valence-electron chi connectivity index (χ1n) is 12.4. The van der Waals surface area contributed by atoms with E-state index in [1.54, 1.807) is 14.2 Å². The Hall–Kier alpha value is -2.86. The lowest BCUT2D eigenvalue weighted by atomic mass is 9.85. The number of allylic oxidation sites excluding steroid dienone is 3. The third-order valence-electron chi connectivity index (χ3n) is 6.27. The molecule has 0 saturated carbocycles. The Kier molecular flexibility index (Phi) is 10.6. The molecule has 0 spiro atoms. The van der Waals surface area contributed by atoms with Crippen molar-refractivity contribution in [3.8, 4) is 5.75 Å². The molecule has 1 aliphatic rings. The van der Waals surface area contributed by atoms with Gasteiger partial charge in [0.25, 0.3) is 0 Å². The van der Waals surface area contributed by atoms with Crippen LogP contribution >= 0.6 is 0 Å². The normalized spacial score (nSPS) is 16.9. The van der Waals surface area contributed by atoms with Crippen molar-refractivity contribution < 1.29 is 18.9 Å². The number of ether oxygens (including phenoxy) is 4. The number of rotatable bonds is 13. The van der Waals surface area contributed by atoms with E-state index in [0.29, 0.717) is 26.4 Å². The van der Waals surface area contributed by atoms with Gasteiger partial charge >= 0.3 is 0 Å². The number of methoxy groups -OCH3 is 2. The molecule has 188 valence electrons. The van der Waals surface area contributed by atoms with E-state index in [2.05, 4.69) is 49.4 Å². The standard InChI is InChI=1S/C30H39NO4/c1-5-34-21-26-17-23(13-14-28(26)32-3)12-11-22(2)27-19-29(33-4)30(18-25(27)15-16-31)35-20-24-9-7-6-8-10-24/h6-14,17,19,22,30H,5,15-16,18,20-21,31H2,1-4H3/b12-11+. The number of benzene rings is 2. The average molecular weight is 478 g/mol. The highest BCUT2D eigenvalue weighted by molar-refractivity contribution is 5.55. The van der Waals surface area contributed by atoms with E-state index in [1.165, 1.54) is 11.1 Å². The molecule has 2 atom stereocenters. The second kappa shape index (κ2) is 13.9. The van der Waals surface area contributed by atoms with Gasteiger partial charge in [-0.1, -0.05) is 61.0 Å². The SMILES string of the molecule is CCOCc1cc(/C=C/C(C)C2=C(CCN)CC(OCc3ccccc3)C(OC)=C2)ccc1OC. The molecule has 2 N–H and O–H groups in total. The van der Waals surface area contributed by atoms with Crippen LogP contribution in [0.4, 0.5) is 0 Å². The summed E-state index contributed by atoms with van der Waals surface area (Å²) in [5.74, 6) is 1.91. The van der Waals surface area contributed by atoms with Gasteiger partial charge in [-0.2, -0.15) is 0 Å². The maximum absolute atomic E-state index is 6.26. The van der Waals surface area contributed by atoms with Crippen molar-refractivity contribution in [1.82, 2.24) is 0 Å². The molecule has 0 radical (unpaired) electrons. The summed E-state index contributed by atoms with van der Waals surface area (Å²) in [6.07, 6.45) is 8.06. The zero-order chi connectivity index (χ0) is 25.0. The molecule has 5 heteroatoms. The van der Waals surface area contributed by atoms with E-state index in [0.717, 1.165) is 41.0 Å². The van der Waals surface area contributed by atoms with Gasteiger partial charge in [-0.25, -0.2) is 0 Å². The Bertz CT molecular complexity index is 1030. The molecule has 0 fully saturated rings. The fourth-order valence-electron chi connectivity index (χ4n) is 4.35. The lowest BCUT2D eigenvalue weighted by Crippen LogP contribution is -2.24. The zero-order valence-corrected chi connectivity index (χ0v) is 21.5. The molecule has 0 bridgehead atoms. The van der Waals surface area contributed by atoms with Crippen LogP contribution < -0.4 is 10.5 Å². The van der Waals surface area contributed by atoms with Gasteiger partial charge in [-0.05, 0) is 60.7 Å². The summed E-state index contributed by atoms with van der Waals surface area (Å²) in [6, 6.07) is 16.4. The van der Waals surface area contributed by atoms with Crippen molar-refractivity contribution in [2.45, 2.75) is 46.0 Å². The van der Waals surface area contributed by atoms with E-state index < -0.39 is 0 Å². The van der Waals surface area contributed by atoms with Crippen LogP contribution in [0.25, 0.3) is 6.08 Å². The smallest absolute Gasteiger partial charge is 0.125 e. The van der Waals surface area contributed by atoms with Crippen molar-refractivity contribution in [1.29, 1.82) is 0 Å². The third-order valence-corrected chi connectivity index (χ3v) is 6.27. The van der Waals surface area contributed by atoms with E-state index in [9.17, 15) is 0 Å². The van der Waals surface area contributed by atoms with Crippen LogP contribution in [-0.4, -0.2) is 33.5 Å². The minimum absolute atomic E-state index is 0.107. The highest BCUT2D eigenvalue weighted by Crippen LogP contribution is 2.34. The van der Waals surface area contributed by atoms with Crippen molar-refractivity contribution >= 4 is 6.08 Å². The molecule has 5 nitrogen and oxygen atoms in total. The van der Waals surface area contributed by atoms with E-state index >= 15 is 0 Å². The zero-order valence-electron chi connectivity index (χ0n) is 21.5. The van der Waals surface area contributed by atoms with E-state index in [4.69, 9.17) is 24.7 Å². The summed E-state index contributed by atoms with van der Waals surface area (Å²) >= 11 is 0. The Morgan fingerprint density at radius 1 is 1.06 bits per heavy atom. The summed E-state index contributed by atoms with van der Waals surface area (Å²) < 4.78 is 23.1. The van der Waals surface area contributed by atoms with Gasteiger partial charge in [-0.3, -0.25) is 0 Å². The lowest BCUT2D eigenvalue weighted by Gasteiger charge is -2.29. The second-order valence-electron chi connectivity index (χ2n) is 8.69. The van der Waals surface area contributed by atoms with Gasteiger partial charge in [0, 0.05) is 18.6 Å². The summed E-state index contributed by atoms with van der Waals surface area (Å²) in [4.78, 5) is 0. The fraction of sp³-hybridized carbons (Fsp3) is 0.400. The number of hydrogen-bond acceptors (Lipinski definition) is 5. The van der Waals surface area contributed by atoms with Crippen LogP contribution in [-0.2, 0) is 27.4 Å². The Balaban J connectivity index is 1.77. The van der Waals surface area contributed by atoms with Crippen molar-refractivity contribution in [2.24, 2.45) is 11.7 Å². The van der Waals surface area contributed by atoms with E-state index in [-0.39, 0.29) is 12.0 Å². The van der Waals surface area contributed by atoms with Crippen LogP contribution in [0.3, 0.4) is 0 Å². The molecule has 0 amide bonds. The number of hydrogen-bond donors (Lipinski definition) is 1. The van der Waals surface area contributed by atoms with Gasteiger partial charge < -0.3 is 24.7 Å². The first-order valence-corrected chi connectivity index (χ1v) is 12.4. The molecule has 2 unspecified atom stereocenters. The third kappa shape index (κ3) is 7.56. The van der Waals surface area contributed by atoms with Crippen molar-refractivity contribution in [3.05, 3.63) is 94.3 Å². The van der Waals surface area contributed by atoms with Gasteiger partial charge in [0.15, 0.2) is 0 Å². The minimum Gasteiger partial charge on any atom is -0.498 e. The van der Waals surface area contributed by atoms with Crippen LogP contribution in [0.15, 0.2) is 77.6 Å². The molecule has 3 rings (SSSR count). The topological polar surface area (TPSA) is 62.9 Å². The molecule has 35 heavy (non-hydrogen) atoms. The monoisotopic (exact) mass is 477 g/mol. The van der Waals surface area contributed by atoms with Crippen LogP contribution in [0.2, 0.25) is 0 Å². The largest absolute Gasteiger partial charge is 0.498 e. The average Bonchev–Trinajstić information content (AvgIpc) is 2.90. The highest BCUT2D eigenvalue weighted by Gasteiger charge is 2.26. The van der Waals surface area contributed by atoms with Crippen LogP contribution in [0.5, 0.6) is 5.75 Å². The summed E-state index contributed by atoms with van der Waals surface area (Å²) in [5.41, 5.74) is 11.9. The first-order chi connectivity index (χ1) is 17.1. The fourth-order valence-corrected chi connectivity index (χ4v) is 4.35. The number of nitrogens with two attached hydrogens (primary N) is 1. The molecule has 0 aliphatic heterocycles. The van der Waals surface area contributed by atoms with Crippen LogP contribution in [0, 0.1) is 5.92 Å². The van der Waals surface area contributed by atoms with Crippen molar-refractivity contribution in [3.63, 3.8) is 0 Å². The highest BCUT2D eigenvalue weighted by atomic mass is 16.5. The Morgan fingerprint density at radius 2 is 1.86 bits per heavy atom. The van der Waals surface area contributed by atoms with Gasteiger partial charge in [0.05, 0.1) is 27.4 Å². The summed E-state index contributed by atoms with van der Waals surface area (Å²) in [6.45, 7) is 6.57. The molecule has 0 saturated heterocycles. The Morgan fingerprint density at radius 3 is 2.54 bits per heavy atom. The Labute approximate surface area is 210 Å². The summed E-state index contributed by atoms with van der Waals surface area (Å²) in [5, 5.41) is 0. The minimum atomic E-state index is -0.107. The predicted octanol–water partition coefficient (Wildman–Crippen LogP) is 6.05. The van der Waals surface area contributed by atoms with Gasteiger partial charge in [0.2, 0.25) is 0 Å². The van der Waals surface area contributed by atoms with Crippen molar-refractivity contribution in [2.75, 3.05) is 27.4 Å². The first kappa shape index (κ1) is 26.7. The lowest BCUT2D eigenvalue weighted by molar-refractivity contribution is 0.0266. The molecule has 2 aromatic rings. The maximum Gasteiger partial charge on any atom is 0.125 e. The van der Waals surface area contributed by atoms with E-state index in [1.807, 2.05) is 31.2 Å².